The summed E-state index contributed by atoms with van der Waals surface area (Å²) < 4.78 is 5.62. The number of anilines is 1. The van der Waals surface area contributed by atoms with E-state index in [0.29, 0.717) is 6.42 Å². The van der Waals surface area contributed by atoms with Crippen LogP contribution in [-0.4, -0.2) is 23.6 Å². The third-order valence-electron chi connectivity index (χ3n) is 3.93. The molecule has 4 heteroatoms. The highest BCUT2D eigenvalue weighted by Gasteiger charge is 2.18. The van der Waals surface area contributed by atoms with Gasteiger partial charge in [0.2, 0.25) is 5.91 Å². The lowest BCUT2D eigenvalue weighted by Crippen LogP contribution is -2.25. The zero-order valence-corrected chi connectivity index (χ0v) is 12.3. The first-order valence-corrected chi connectivity index (χ1v) is 7.50. The van der Waals surface area contributed by atoms with Crippen LogP contribution >= 0.6 is 0 Å². The Kier molecular flexibility index (Phi) is 4.15. The molecule has 0 aliphatic carbocycles. The molecule has 110 valence electrons. The van der Waals surface area contributed by atoms with Gasteiger partial charge in [-0.2, -0.15) is 0 Å². The highest BCUT2D eigenvalue weighted by molar-refractivity contribution is 6.01. The fourth-order valence-electron chi connectivity index (χ4n) is 2.80. The molecule has 1 saturated heterocycles. The molecule has 2 heterocycles. The summed E-state index contributed by atoms with van der Waals surface area (Å²) in [6.45, 7) is 2.80. The molecule has 1 N–H and O–H groups in total. The second-order valence-electron chi connectivity index (χ2n) is 5.57. The maximum Gasteiger partial charge on any atom is 0.227 e. The summed E-state index contributed by atoms with van der Waals surface area (Å²) >= 11 is 0. The van der Waals surface area contributed by atoms with Crippen LogP contribution in [0.4, 0.5) is 5.69 Å². The SMILES string of the molecule is Cc1ccc(NC(=O)CC2CCCCO2)c2cccnc12. The largest absolute Gasteiger partial charge is 0.378 e. The second-order valence-corrected chi connectivity index (χ2v) is 5.57. The van der Waals surface area contributed by atoms with Crippen molar-refractivity contribution in [2.45, 2.75) is 38.7 Å². The molecule has 1 unspecified atom stereocenters. The van der Waals surface area contributed by atoms with Crippen molar-refractivity contribution < 1.29 is 9.53 Å². The predicted molar refractivity (Wildman–Crippen MR) is 83.3 cm³/mol. The lowest BCUT2D eigenvalue weighted by molar-refractivity contribution is -0.119. The van der Waals surface area contributed by atoms with E-state index in [-0.39, 0.29) is 12.0 Å². The van der Waals surface area contributed by atoms with Crippen molar-refractivity contribution in [1.82, 2.24) is 4.98 Å². The first-order valence-electron chi connectivity index (χ1n) is 7.50. The molecule has 21 heavy (non-hydrogen) atoms. The fourth-order valence-corrected chi connectivity index (χ4v) is 2.80. The smallest absolute Gasteiger partial charge is 0.227 e. The molecule has 1 aliphatic heterocycles. The molecule has 3 rings (SSSR count). The number of ether oxygens (including phenoxy) is 1. The number of rotatable bonds is 3. The van der Waals surface area contributed by atoms with E-state index in [4.69, 9.17) is 4.74 Å². The van der Waals surface area contributed by atoms with Gasteiger partial charge < -0.3 is 10.1 Å². The Balaban J connectivity index is 1.75. The van der Waals surface area contributed by atoms with Crippen molar-refractivity contribution in [3.8, 4) is 0 Å². The molecule has 1 fully saturated rings. The summed E-state index contributed by atoms with van der Waals surface area (Å²) in [7, 11) is 0. The number of aryl methyl sites for hydroxylation is 1. The van der Waals surface area contributed by atoms with Gasteiger partial charge in [-0.05, 0) is 49.9 Å². The van der Waals surface area contributed by atoms with E-state index in [1.807, 2.05) is 31.2 Å². The number of carbonyl (C=O) groups excluding carboxylic acids is 1. The number of carbonyl (C=O) groups is 1. The molecule has 1 aromatic heterocycles. The van der Waals surface area contributed by atoms with Crippen LogP contribution in [-0.2, 0) is 9.53 Å². The molecule has 0 spiro atoms. The zero-order chi connectivity index (χ0) is 14.7. The molecule has 1 amide bonds. The van der Waals surface area contributed by atoms with Crippen molar-refractivity contribution in [3.63, 3.8) is 0 Å². The molecule has 1 aromatic carbocycles. The molecular weight excluding hydrogens is 264 g/mol. The lowest BCUT2D eigenvalue weighted by Gasteiger charge is -2.22. The first-order chi connectivity index (χ1) is 10.2. The molecule has 0 saturated carbocycles. The average Bonchev–Trinajstić information content (AvgIpc) is 2.51. The molecule has 2 aromatic rings. The zero-order valence-electron chi connectivity index (χ0n) is 12.3. The molecular formula is C17H20N2O2. The quantitative estimate of drug-likeness (QED) is 0.939. The van der Waals surface area contributed by atoms with Crippen molar-refractivity contribution >= 4 is 22.5 Å². The summed E-state index contributed by atoms with van der Waals surface area (Å²) in [5, 5.41) is 3.98. The maximum atomic E-state index is 12.2. The normalized spacial score (nSPS) is 18.6. The Labute approximate surface area is 124 Å². The van der Waals surface area contributed by atoms with Gasteiger partial charge >= 0.3 is 0 Å². The number of fused-ring (bicyclic) bond motifs is 1. The standard InChI is InChI=1S/C17H20N2O2/c1-12-7-8-15(14-6-4-9-18-17(12)14)19-16(20)11-13-5-2-3-10-21-13/h4,6-9,13H,2-3,5,10-11H2,1H3,(H,19,20). The van der Waals surface area contributed by atoms with Crippen molar-refractivity contribution in [2.24, 2.45) is 0 Å². The summed E-state index contributed by atoms with van der Waals surface area (Å²) in [5.74, 6) is 0.0101. The van der Waals surface area contributed by atoms with Crippen LogP contribution in [0.2, 0.25) is 0 Å². The number of hydrogen-bond acceptors (Lipinski definition) is 3. The van der Waals surface area contributed by atoms with Gasteiger partial charge in [0.1, 0.15) is 0 Å². The number of benzene rings is 1. The van der Waals surface area contributed by atoms with Crippen LogP contribution in [0, 0.1) is 6.92 Å². The molecule has 4 nitrogen and oxygen atoms in total. The third kappa shape index (κ3) is 3.22. The fraction of sp³-hybridized carbons (Fsp3) is 0.412. The maximum absolute atomic E-state index is 12.2. The molecule has 0 bridgehead atoms. The number of aromatic nitrogens is 1. The third-order valence-corrected chi connectivity index (χ3v) is 3.93. The van der Waals surface area contributed by atoms with Crippen LogP contribution in [0.5, 0.6) is 0 Å². The number of amides is 1. The Hall–Kier alpha value is -1.94. The van der Waals surface area contributed by atoms with Crippen LogP contribution in [0.15, 0.2) is 30.5 Å². The minimum Gasteiger partial charge on any atom is -0.378 e. The Morgan fingerprint density at radius 3 is 3.10 bits per heavy atom. The van der Waals surface area contributed by atoms with Gasteiger partial charge in [-0.1, -0.05) is 6.07 Å². The van der Waals surface area contributed by atoms with Gasteiger partial charge in [0, 0.05) is 18.2 Å². The number of pyridine rings is 1. The summed E-state index contributed by atoms with van der Waals surface area (Å²) in [5.41, 5.74) is 2.87. The van der Waals surface area contributed by atoms with Crippen LogP contribution < -0.4 is 5.32 Å². The Morgan fingerprint density at radius 2 is 2.29 bits per heavy atom. The summed E-state index contributed by atoms with van der Waals surface area (Å²) in [4.78, 5) is 16.6. The van der Waals surface area contributed by atoms with Gasteiger partial charge in [0.25, 0.3) is 0 Å². The summed E-state index contributed by atoms with van der Waals surface area (Å²) in [6, 6.07) is 7.81. The van der Waals surface area contributed by atoms with Gasteiger partial charge in [0.05, 0.1) is 23.7 Å². The van der Waals surface area contributed by atoms with Gasteiger partial charge in [0.15, 0.2) is 0 Å². The van der Waals surface area contributed by atoms with Gasteiger partial charge in [-0.15, -0.1) is 0 Å². The highest BCUT2D eigenvalue weighted by atomic mass is 16.5. The van der Waals surface area contributed by atoms with Gasteiger partial charge in [-0.25, -0.2) is 0 Å². The van der Waals surface area contributed by atoms with Crippen LogP contribution in [0.1, 0.15) is 31.2 Å². The predicted octanol–water partition coefficient (Wildman–Crippen LogP) is 3.44. The number of nitrogens with one attached hydrogen (secondary N) is 1. The topological polar surface area (TPSA) is 51.2 Å². The van der Waals surface area contributed by atoms with Crippen molar-refractivity contribution in [3.05, 3.63) is 36.0 Å². The van der Waals surface area contributed by atoms with Crippen molar-refractivity contribution in [1.29, 1.82) is 0 Å². The van der Waals surface area contributed by atoms with E-state index < -0.39 is 0 Å². The highest BCUT2D eigenvalue weighted by Crippen LogP contribution is 2.25. The van der Waals surface area contributed by atoms with Gasteiger partial charge in [-0.3, -0.25) is 9.78 Å². The molecule has 1 aliphatic rings. The Bertz CT molecular complexity index is 648. The Morgan fingerprint density at radius 1 is 1.38 bits per heavy atom. The van der Waals surface area contributed by atoms with Crippen molar-refractivity contribution in [2.75, 3.05) is 11.9 Å². The van der Waals surface area contributed by atoms with E-state index in [1.165, 1.54) is 0 Å². The van der Waals surface area contributed by atoms with E-state index >= 15 is 0 Å². The van der Waals surface area contributed by atoms with Crippen LogP contribution in [0.3, 0.4) is 0 Å². The molecule has 0 radical (unpaired) electrons. The number of hydrogen-bond donors (Lipinski definition) is 1. The van der Waals surface area contributed by atoms with E-state index in [0.717, 1.165) is 48.0 Å². The summed E-state index contributed by atoms with van der Waals surface area (Å²) in [6.07, 6.45) is 5.49. The van der Waals surface area contributed by atoms with E-state index in [2.05, 4.69) is 10.3 Å². The minimum atomic E-state index is 0.0101. The lowest BCUT2D eigenvalue weighted by atomic mass is 10.1. The monoisotopic (exact) mass is 284 g/mol. The average molecular weight is 284 g/mol. The molecule has 1 atom stereocenters. The van der Waals surface area contributed by atoms with Crippen LogP contribution in [0.25, 0.3) is 10.9 Å². The number of nitrogens with zero attached hydrogens (tertiary/aromatic N) is 1. The van der Waals surface area contributed by atoms with E-state index in [9.17, 15) is 4.79 Å². The first kappa shape index (κ1) is 14.0. The second kappa shape index (κ2) is 6.22. The minimum absolute atomic E-state index is 0.0101. The van der Waals surface area contributed by atoms with E-state index in [1.54, 1.807) is 6.20 Å².